The molecule has 114 valence electrons. The number of nitrogens with zero attached hydrogens (tertiary/aromatic N) is 2. The molecule has 0 saturated carbocycles. The third kappa shape index (κ3) is 3.44. The van der Waals surface area contributed by atoms with Crippen LogP contribution >= 0.6 is 11.3 Å². The second kappa shape index (κ2) is 6.42. The Hall–Kier alpha value is -0.970. The Balaban J connectivity index is 1.56. The number of fused-ring (bicyclic) bond motifs is 1. The van der Waals surface area contributed by atoms with Gasteiger partial charge in [0.1, 0.15) is 5.01 Å². The van der Waals surface area contributed by atoms with Crippen molar-refractivity contribution < 1.29 is 0 Å². The molecule has 0 radical (unpaired) electrons. The van der Waals surface area contributed by atoms with Crippen molar-refractivity contribution in [2.75, 3.05) is 19.6 Å². The number of rotatable bonds is 5. The minimum atomic E-state index is 0.343. The first kappa shape index (κ1) is 14.9. The van der Waals surface area contributed by atoms with E-state index in [1.165, 1.54) is 29.2 Å². The number of nitrogens with one attached hydrogen (secondary N) is 1. The van der Waals surface area contributed by atoms with E-state index >= 15 is 0 Å². The number of thiazole rings is 1. The van der Waals surface area contributed by atoms with Crippen molar-refractivity contribution in [3.63, 3.8) is 0 Å². The van der Waals surface area contributed by atoms with Gasteiger partial charge in [0.25, 0.3) is 0 Å². The fraction of sp³-hybridized carbons (Fsp3) is 0.588. The maximum Gasteiger partial charge on any atom is 0.111 e. The molecule has 2 unspecified atom stereocenters. The van der Waals surface area contributed by atoms with Gasteiger partial charge in [-0.05, 0) is 58.3 Å². The van der Waals surface area contributed by atoms with Crippen LogP contribution in [0.3, 0.4) is 0 Å². The summed E-state index contributed by atoms with van der Waals surface area (Å²) in [7, 11) is 0. The Bertz CT molecular complexity index is 559. The van der Waals surface area contributed by atoms with Crippen molar-refractivity contribution in [3.05, 3.63) is 29.3 Å². The molecule has 4 heteroatoms. The van der Waals surface area contributed by atoms with Crippen LogP contribution in [0.15, 0.2) is 24.3 Å². The van der Waals surface area contributed by atoms with E-state index in [9.17, 15) is 0 Å². The predicted molar refractivity (Wildman–Crippen MR) is 90.9 cm³/mol. The zero-order valence-electron chi connectivity index (χ0n) is 13.2. The van der Waals surface area contributed by atoms with Gasteiger partial charge in [0.05, 0.1) is 16.3 Å². The van der Waals surface area contributed by atoms with Gasteiger partial charge in [-0.15, -0.1) is 11.3 Å². The lowest BCUT2D eigenvalue weighted by Crippen LogP contribution is -2.31. The Morgan fingerprint density at radius 3 is 2.86 bits per heavy atom. The quantitative estimate of drug-likeness (QED) is 0.913. The van der Waals surface area contributed by atoms with E-state index in [2.05, 4.69) is 55.3 Å². The summed E-state index contributed by atoms with van der Waals surface area (Å²) in [5.74, 6) is 0.782. The molecule has 1 aromatic carbocycles. The zero-order valence-corrected chi connectivity index (χ0v) is 14.0. The van der Waals surface area contributed by atoms with Crippen LogP contribution < -0.4 is 5.32 Å². The van der Waals surface area contributed by atoms with Crippen LogP contribution in [-0.4, -0.2) is 35.6 Å². The maximum atomic E-state index is 4.75. The van der Waals surface area contributed by atoms with Crippen LogP contribution in [0.5, 0.6) is 0 Å². The molecular formula is C17H25N3S. The highest BCUT2D eigenvalue weighted by Gasteiger charge is 2.24. The SMILES string of the molecule is CC(NCC1CCN(C(C)C)C1)c1nc2ccccc2s1. The van der Waals surface area contributed by atoms with E-state index in [1.54, 1.807) is 0 Å². The molecule has 1 fully saturated rings. The molecule has 2 heterocycles. The molecule has 3 nitrogen and oxygen atoms in total. The molecule has 0 aliphatic carbocycles. The molecule has 0 bridgehead atoms. The topological polar surface area (TPSA) is 28.2 Å². The smallest absolute Gasteiger partial charge is 0.111 e. The Morgan fingerprint density at radius 2 is 2.14 bits per heavy atom. The normalized spacial score (nSPS) is 21.4. The summed E-state index contributed by atoms with van der Waals surface area (Å²) in [4.78, 5) is 7.32. The second-order valence-electron chi connectivity index (χ2n) is 6.39. The van der Waals surface area contributed by atoms with Crippen molar-refractivity contribution in [1.82, 2.24) is 15.2 Å². The molecule has 0 amide bonds. The monoisotopic (exact) mass is 303 g/mol. The van der Waals surface area contributed by atoms with Crippen molar-refractivity contribution in [3.8, 4) is 0 Å². The van der Waals surface area contributed by atoms with E-state index in [0.717, 1.165) is 18.0 Å². The molecule has 1 aliphatic heterocycles. The average molecular weight is 303 g/mol. The molecule has 3 rings (SSSR count). The van der Waals surface area contributed by atoms with Gasteiger partial charge in [0, 0.05) is 12.6 Å². The van der Waals surface area contributed by atoms with Gasteiger partial charge in [-0.2, -0.15) is 0 Å². The van der Waals surface area contributed by atoms with E-state index in [0.29, 0.717) is 12.1 Å². The van der Waals surface area contributed by atoms with Crippen molar-refractivity contribution in [1.29, 1.82) is 0 Å². The number of hydrogen-bond donors (Lipinski definition) is 1. The highest BCUT2D eigenvalue weighted by atomic mass is 32.1. The second-order valence-corrected chi connectivity index (χ2v) is 7.46. The third-order valence-corrected chi connectivity index (χ3v) is 5.66. The van der Waals surface area contributed by atoms with E-state index in [1.807, 2.05) is 11.3 Å². The van der Waals surface area contributed by atoms with Gasteiger partial charge in [0.2, 0.25) is 0 Å². The lowest BCUT2D eigenvalue weighted by molar-refractivity contribution is 0.263. The number of para-hydroxylation sites is 1. The molecule has 1 aromatic heterocycles. The minimum Gasteiger partial charge on any atom is -0.308 e. The highest BCUT2D eigenvalue weighted by Crippen LogP contribution is 2.26. The molecular weight excluding hydrogens is 278 g/mol. The average Bonchev–Trinajstić information content (AvgIpc) is 3.11. The number of hydrogen-bond acceptors (Lipinski definition) is 4. The van der Waals surface area contributed by atoms with E-state index in [4.69, 9.17) is 4.98 Å². The fourth-order valence-electron chi connectivity index (χ4n) is 3.00. The molecule has 2 aromatic rings. The molecule has 1 aliphatic rings. The van der Waals surface area contributed by atoms with Crippen molar-refractivity contribution in [2.45, 2.75) is 39.3 Å². The molecule has 1 N–H and O–H groups in total. The van der Waals surface area contributed by atoms with Crippen LogP contribution in [0.4, 0.5) is 0 Å². The van der Waals surface area contributed by atoms with Gasteiger partial charge in [-0.1, -0.05) is 12.1 Å². The highest BCUT2D eigenvalue weighted by molar-refractivity contribution is 7.18. The number of benzene rings is 1. The fourth-order valence-corrected chi connectivity index (χ4v) is 4.00. The van der Waals surface area contributed by atoms with Crippen LogP contribution in [0.25, 0.3) is 10.2 Å². The number of likely N-dealkylation sites (tertiary alicyclic amines) is 1. The van der Waals surface area contributed by atoms with Crippen molar-refractivity contribution >= 4 is 21.6 Å². The first-order valence-electron chi connectivity index (χ1n) is 7.96. The Morgan fingerprint density at radius 1 is 1.33 bits per heavy atom. The first-order valence-corrected chi connectivity index (χ1v) is 8.78. The van der Waals surface area contributed by atoms with Gasteiger partial charge < -0.3 is 10.2 Å². The number of aromatic nitrogens is 1. The first-order chi connectivity index (χ1) is 10.1. The summed E-state index contributed by atoms with van der Waals surface area (Å²) in [5, 5.41) is 4.89. The van der Waals surface area contributed by atoms with Gasteiger partial charge in [-0.3, -0.25) is 0 Å². The molecule has 1 saturated heterocycles. The predicted octanol–water partition coefficient (Wildman–Crippen LogP) is 3.68. The third-order valence-electron chi connectivity index (χ3n) is 4.44. The standard InChI is InChI=1S/C17H25N3S/c1-12(2)20-9-8-14(11-20)10-18-13(3)17-19-15-6-4-5-7-16(15)21-17/h4-7,12-14,18H,8-11H2,1-3H3. The van der Waals surface area contributed by atoms with Gasteiger partial charge >= 0.3 is 0 Å². The molecule has 2 atom stereocenters. The van der Waals surface area contributed by atoms with Crippen LogP contribution in [-0.2, 0) is 0 Å². The summed E-state index contributed by atoms with van der Waals surface area (Å²) < 4.78 is 1.29. The Labute approximate surface area is 131 Å². The zero-order chi connectivity index (χ0) is 14.8. The largest absolute Gasteiger partial charge is 0.308 e. The summed E-state index contributed by atoms with van der Waals surface area (Å²) in [6, 6.07) is 9.41. The van der Waals surface area contributed by atoms with E-state index in [-0.39, 0.29) is 0 Å². The van der Waals surface area contributed by atoms with E-state index < -0.39 is 0 Å². The molecule has 21 heavy (non-hydrogen) atoms. The van der Waals surface area contributed by atoms with Crippen molar-refractivity contribution in [2.24, 2.45) is 5.92 Å². The Kier molecular flexibility index (Phi) is 4.57. The summed E-state index contributed by atoms with van der Waals surface area (Å²) >= 11 is 1.81. The summed E-state index contributed by atoms with van der Waals surface area (Å²) in [6.07, 6.45) is 1.32. The van der Waals surface area contributed by atoms with Crippen LogP contribution in [0.1, 0.15) is 38.2 Å². The minimum absolute atomic E-state index is 0.343. The maximum absolute atomic E-state index is 4.75. The van der Waals surface area contributed by atoms with Gasteiger partial charge in [0.15, 0.2) is 0 Å². The van der Waals surface area contributed by atoms with Crippen LogP contribution in [0, 0.1) is 5.92 Å². The van der Waals surface area contributed by atoms with Crippen LogP contribution in [0.2, 0.25) is 0 Å². The lowest BCUT2D eigenvalue weighted by atomic mass is 10.1. The molecule has 0 spiro atoms. The summed E-state index contributed by atoms with van der Waals surface area (Å²) in [5.41, 5.74) is 1.12. The summed E-state index contributed by atoms with van der Waals surface area (Å²) in [6.45, 7) is 10.4. The lowest BCUT2D eigenvalue weighted by Gasteiger charge is -2.21. The van der Waals surface area contributed by atoms with Gasteiger partial charge in [-0.25, -0.2) is 4.98 Å².